The molecule has 0 unspecified atom stereocenters. The van der Waals surface area contributed by atoms with Crippen molar-refractivity contribution in [1.29, 1.82) is 5.26 Å². The zero-order chi connectivity index (χ0) is 14.8. The molecule has 5 heteroatoms. The van der Waals surface area contributed by atoms with E-state index in [0.29, 0.717) is 24.3 Å². The van der Waals surface area contributed by atoms with Gasteiger partial charge >= 0.3 is 0 Å². The second kappa shape index (κ2) is 5.61. The summed E-state index contributed by atoms with van der Waals surface area (Å²) in [6.45, 7) is 5.30. The highest BCUT2D eigenvalue weighted by molar-refractivity contribution is 5.92. The lowest BCUT2D eigenvalue weighted by Gasteiger charge is -2.48. The van der Waals surface area contributed by atoms with E-state index >= 15 is 0 Å². The first-order valence-electron chi connectivity index (χ1n) is 6.68. The Kier molecular flexibility index (Phi) is 4.07. The zero-order valence-corrected chi connectivity index (χ0v) is 11.8. The highest BCUT2D eigenvalue weighted by atomic mass is 16.3. The smallest absolute Gasteiger partial charge is 0.238 e. The van der Waals surface area contributed by atoms with Crippen molar-refractivity contribution in [2.24, 2.45) is 5.92 Å². The molecule has 0 saturated carbocycles. The van der Waals surface area contributed by atoms with Gasteiger partial charge in [0.15, 0.2) is 0 Å². The van der Waals surface area contributed by atoms with Crippen molar-refractivity contribution in [3.05, 3.63) is 29.8 Å². The molecule has 1 saturated heterocycles. The van der Waals surface area contributed by atoms with Crippen molar-refractivity contribution in [2.45, 2.75) is 19.4 Å². The van der Waals surface area contributed by atoms with Gasteiger partial charge < -0.3 is 10.4 Å². The molecule has 20 heavy (non-hydrogen) atoms. The summed E-state index contributed by atoms with van der Waals surface area (Å²) >= 11 is 0. The van der Waals surface area contributed by atoms with Gasteiger partial charge in [0.1, 0.15) is 0 Å². The first-order chi connectivity index (χ1) is 9.43. The molecular formula is C15H19N3O2. The largest absolute Gasteiger partial charge is 0.387 e. The number of benzene rings is 1. The third kappa shape index (κ3) is 3.16. The van der Waals surface area contributed by atoms with Crippen molar-refractivity contribution < 1.29 is 9.90 Å². The predicted octanol–water partition coefficient (Wildman–Crippen LogP) is 1.20. The number of aliphatic hydroxyl groups is 1. The first kappa shape index (κ1) is 14.5. The van der Waals surface area contributed by atoms with Crippen LogP contribution in [-0.4, -0.2) is 41.1 Å². The average Bonchev–Trinajstić information content (AvgIpc) is 2.37. The van der Waals surface area contributed by atoms with Crippen LogP contribution in [0.15, 0.2) is 24.3 Å². The molecule has 106 valence electrons. The minimum absolute atomic E-state index is 0.111. The number of nitrogens with zero attached hydrogens (tertiary/aromatic N) is 2. The number of carbonyl (C=O) groups is 1. The standard InChI is InChI=1S/C15H19N3O2/c1-11(2)15(20)9-18(10-15)8-14(19)17-13-5-3-12(7-16)4-6-13/h3-6,11,20H,8-10H2,1-2H3,(H,17,19). The van der Waals surface area contributed by atoms with Crippen molar-refractivity contribution in [2.75, 3.05) is 25.0 Å². The fourth-order valence-electron chi connectivity index (χ4n) is 2.24. The second-order valence-electron chi connectivity index (χ2n) is 5.64. The number of likely N-dealkylation sites (tertiary alicyclic amines) is 1. The number of β-amino-alcohol motifs (C(OH)–C–C–N with tert-alkyl or cyclic N) is 1. The number of hydrogen-bond donors (Lipinski definition) is 2. The van der Waals surface area contributed by atoms with Gasteiger partial charge in [-0.25, -0.2) is 0 Å². The van der Waals surface area contributed by atoms with Crippen LogP contribution in [0.3, 0.4) is 0 Å². The van der Waals surface area contributed by atoms with E-state index in [4.69, 9.17) is 5.26 Å². The van der Waals surface area contributed by atoms with Crippen LogP contribution in [0.5, 0.6) is 0 Å². The molecule has 5 nitrogen and oxygen atoms in total. The third-order valence-electron chi connectivity index (χ3n) is 3.73. The summed E-state index contributed by atoms with van der Waals surface area (Å²) in [6.07, 6.45) is 0. The fourth-order valence-corrected chi connectivity index (χ4v) is 2.24. The van der Waals surface area contributed by atoms with E-state index in [0.717, 1.165) is 0 Å². The van der Waals surface area contributed by atoms with Crippen LogP contribution in [0.25, 0.3) is 0 Å². The monoisotopic (exact) mass is 273 g/mol. The van der Waals surface area contributed by atoms with Crippen molar-refractivity contribution in [1.82, 2.24) is 4.90 Å². The quantitative estimate of drug-likeness (QED) is 0.864. The van der Waals surface area contributed by atoms with Crippen LogP contribution in [0.4, 0.5) is 5.69 Å². The molecule has 1 aliphatic rings. The minimum Gasteiger partial charge on any atom is -0.387 e. The van der Waals surface area contributed by atoms with Gasteiger partial charge in [0, 0.05) is 18.8 Å². The van der Waals surface area contributed by atoms with Gasteiger partial charge in [0.05, 0.1) is 23.8 Å². The van der Waals surface area contributed by atoms with Gasteiger partial charge in [-0.3, -0.25) is 9.69 Å². The number of carbonyl (C=O) groups excluding carboxylic acids is 1. The highest BCUT2D eigenvalue weighted by Gasteiger charge is 2.43. The molecule has 1 heterocycles. The zero-order valence-electron chi connectivity index (χ0n) is 11.8. The maximum atomic E-state index is 11.9. The Labute approximate surface area is 118 Å². The molecule has 0 radical (unpaired) electrons. The Morgan fingerprint density at radius 1 is 1.45 bits per heavy atom. The van der Waals surface area contributed by atoms with Crippen LogP contribution in [0.1, 0.15) is 19.4 Å². The average molecular weight is 273 g/mol. The Morgan fingerprint density at radius 2 is 2.05 bits per heavy atom. The molecule has 2 rings (SSSR count). The molecular weight excluding hydrogens is 254 g/mol. The lowest BCUT2D eigenvalue weighted by Crippen LogP contribution is -2.65. The third-order valence-corrected chi connectivity index (χ3v) is 3.73. The van der Waals surface area contributed by atoms with Gasteiger partial charge in [-0.2, -0.15) is 5.26 Å². The normalized spacial score (nSPS) is 17.4. The fraction of sp³-hybridized carbons (Fsp3) is 0.467. The van der Waals surface area contributed by atoms with Gasteiger partial charge in [-0.05, 0) is 30.2 Å². The number of hydrogen-bond acceptors (Lipinski definition) is 4. The van der Waals surface area contributed by atoms with E-state index in [1.165, 1.54) is 0 Å². The Bertz CT molecular complexity index is 525. The lowest BCUT2D eigenvalue weighted by atomic mass is 9.83. The van der Waals surface area contributed by atoms with Gasteiger partial charge in [-0.15, -0.1) is 0 Å². The summed E-state index contributed by atoms with van der Waals surface area (Å²) in [4.78, 5) is 13.8. The Morgan fingerprint density at radius 3 is 2.55 bits per heavy atom. The predicted molar refractivity (Wildman–Crippen MR) is 76.0 cm³/mol. The minimum atomic E-state index is -0.658. The molecule has 2 N–H and O–H groups in total. The van der Waals surface area contributed by atoms with E-state index in [9.17, 15) is 9.90 Å². The van der Waals surface area contributed by atoms with Crippen molar-refractivity contribution in [3.63, 3.8) is 0 Å². The maximum Gasteiger partial charge on any atom is 0.238 e. The van der Waals surface area contributed by atoms with Crippen molar-refractivity contribution in [3.8, 4) is 6.07 Å². The highest BCUT2D eigenvalue weighted by Crippen LogP contribution is 2.28. The molecule has 0 bridgehead atoms. The Balaban J connectivity index is 1.81. The van der Waals surface area contributed by atoms with E-state index in [2.05, 4.69) is 5.32 Å². The summed E-state index contributed by atoms with van der Waals surface area (Å²) in [5.41, 5.74) is 0.579. The second-order valence-corrected chi connectivity index (χ2v) is 5.64. The van der Waals surface area contributed by atoms with Crippen molar-refractivity contribution >= 4 is 11.6 Å². The van der Waals surface area contributed by atoms with Crippen LogP contribution in [0, 0.1) is 17.2 Å². The number of rotatable bonds is 4. The number of nitriles is 1. The van der Waals surface area contributed by atoms with Gasteiger partial charge in [0.25, 0.3) is 0 Å². The van der Waals surface area contributed by atoms with Crippen LogP contribution in [-0.2, 0) is 4.79 Å². The van der Waals surface area contributed by atoms with Gasteiger partial charge in [-0.1, -0.05) is 13.8 Å². The topological polar surface area (TPSA) is 76.4 Å². The van der Waals surface area contributed by atoms with E-state index in [1.54, 1.807) is 24.3 Å². The molecule has 0 atom stereocenters. The summed E-state index contributed by atoms with van der Waals surface area (Å²) < 4.78 is 0. The number of amides is 1. The molecule has 1 aliphatic heterocycles. The van der Waals surface area contributed by atoms with Gasteiger partial charge in [0.2, 0.25) is 5.91 Å². The van der Waals surface area contributed by atoms with Crippen LogP contribution < -0.4 is 5.32 Å². The van der Waals surface area contributed by atoms with Crippen LogP contribution >= 0.6 is 0 Å². The summed E-state index contributed by atoms with van der Waals surface area (Å²) in [5, 5.41) is 21.6. The lowest BCUT2D eigenvalue weighted by molar-refractivity contribution is -0.139. The molecule has 1 fully saturated rings. The van der Waals surface area contributed by atoms with E-state index in [-0.39, 0.29) is 18.4 Å². The Hall–Kier alpha value is -1.90. The summed E-state index contributed by atoms with van der Waals surface area (Å²) in [5.74, 6) is 0.0841. The molecule has 0 spiro atoms. The number of anilines is 1. The first-order valence-corrected chi connectivity index (χ1v) is 6.68. The SMILES string of the molecule is CC(C)C1(O)CN(CC(=O)Nc2ccc(C#N)cc2)C1. The molecule has 0 aromatic heterocycles. The summed E-state index contributed by atoms with van der Waals surface area (Å²) in [7, 11) is 0. The van der Waals surface area contributed by atoms with E-state index < -0.39 is 5.60 Å². The molecule has 1 amide bonds. The number of nitrogens with one attached hydrogen (secondary N) is 1. The van der Waals surface area contributed by atoms with Crippen LogP contribution in [0.2, 0.25) is 0 Å². The maximum absolute atomic E-state index is 11.9. The molecule has 1 aromatic carbocycles. The van der Waals surface area contributed by atoms with E-state index in [1.807, 2.05) is 24.8 Å². The molecule has 1 aromatic rings. The summed E-state index contributed by atoms with van der Waals surface area (Å²) in [6, 6.07) is 8.77. The molecule has 0 aliphatic carbocycles.